The van der Waals surface area contributed by atoms with Gasteiger partial charge in [-0.1, -0.05) is 42.5 Å². The summed E-state index contributed by atoms with van der Waals surface area (Å²) < 4.78 is 5.52. The summed E-state index contributed by atoms with van der Waals surface area (Å²) in [4.78, 5) is 4.56. The van der Waals surface area contributed by atoms with Crippen LogP contribution >= 0.6 is 0 Å². The monoisotopic (exact) mass is 289 g/mol. The van der Waals surface area contributed by atoms with E-state index in [4.69, 9.17) is 4.74 Å². The van der Waals surface area contributed by atoms with Crippen LogP contribution in [0.1, 0.15) is 12.5 Å². The number of benzene rings is 2. The van der Waals surface area contributed by atoms with Gasteiger partial charge in [0.1, 0.15) is 5.75 Å². The van der Waals surface area contributed by atoms with Gasteiger partial charge in [0.05, 0.1) is 12.3 Å². The molecule has 0 unspecified atom stereocenters. The molecule has 0 spiro atoms. The molecule has 3 rings (SSSR count). The molecule has 0 N–H and O–H groups in total. The topological polar surface area (TPSA) is 22.1 Å². The fourth-order valence-corrected chi connectivity index (χ4v) is 2.61. The zero-order valence-electron chi connectivity index (χ0n) is 12.9. The van der Waals surface area contributed by atoms with Gasteiger partial charge in [0, 0.05) is 11.8 Å². The minimum absolute atomic E-state index is 0.684. The van der Waals surface area contributed by atoms with Crippen molar-refractivity contribution in [1.82, 2.24) is 4.98 Å². The lowest BCUT2D eigenvalue weighted by molar-refractivity contribution is 0.340. The number of pyridine rings is 1. The van der Waals surface area contributed by atoms with E-state index in [0.717, 1.165) is 17.0 Å². The molecule has 0 aliphatic carbocycles. The average molecular weight is 289 g/mol. The molecular formula is C20H19NO. The van der Waals surface area contributed by atoms with Crippen LogP contribution in [0, 0.1) is 6.92 Å². The van der Waals surface area contributed by atoms with Crippen LogP contribution in [0.25, 0.3) is 22.4 Å². The van der Waals surface area contributed by atoms with Crippen LogP contribution in [0.5, 0.6) is 5.75 Å². The Bertz CT molecular complexity index is 763. The van der Waals surface area contributed by atoms with Crippen molar-refractivity contribution in [1.29, 1.82) is 0 Å². The predicted molar refractivity (Wildman–Crippen MR) is 91.0 cm³/mol. The molecular weight excluding hydrogens is 270 g/mol. The van der Waals surface area contributed by atoms with Crippen LogP contribution in [0.15, 0.2) is 66.9 Å². The molecule has 110 valence electrons. The molecule has 1 heterocycles. The Morgan fingerprint density at radius 3 is 2.27 bits per heavy atom. The first-order valence-corrected chi connectivity index (χ1v) is 7.54. The summed E-state index contributed by atoms with van der Waals surface area (Å²) >= 11 is 0. The fourth-order valence-electron chi connectivity index (χ4n) is 2.61. The van der Waals surface area contributed by atoms with E-state index < -0.39 is 0 Å². The number of ether oxygens (including phenoxy) is 1. The zero-order valence-corrected chi connectivity index (χ0v) is 12.9. The van der Waals surface area contributed by atoms with E-state index in [-0.39, 0.29) is 0 Å². The number of hydrogen-bond acceptors (Lipinski definition) is 2. The lowest BCUT2D eigenvalue weighted by Gasteiger charge is -2.12. The number of hydrogen-bond donors (Lipinski definition) is 0. The van der Waals surface area contributed by atoms with Crippen LogP contribution in [-0.2, 0) is 0 Å². The van der Waals surface area contributed by atoms with Gasteiger partial charge in [-0.2, -0.15) is 0 Å². The predicted octanol–water partition coefficient (Wildman–Crippen LogP) is 5.12. The smallest absolute Gasteiger partial charge is 0.119 e. The van der Waals surface area contributed by atoms with E-state index in [9.17, 15) is 0 Å². The average Bonchev–Trinajstić information content (AvgIpc) is 2.56. The van der Waals surface area contributed by atoms with Crippen LogP contribution < -0.4 is 4.74 Å². The Morgan fingerprint density at radius 1 is 0.864 bits per heavy atom. The first kappa shape index (κ1) is 14.3. The van der Waals surface area contributed by atoms with Crippen molar-refractivity contribution >= 4 is 0 Å². The molecule has 3 aromatic rings. The summed E-state index contributed by atoms with van der Waals surface area (Å²) in [6.45, 7) is 4.77. The molecule has 22 heavy (non-hydrogen) atoms. The van der Waals surface area contributed by atoms with Crippen LogP contribution in [0.2, 0.25) is 0 Å². The lowest BCUT2D eigenvalue weighted by atomic mass is 9.95. The van der Waals surface area contributed by atoms with E-state index in [2.05, 4.69) is 54.4 Å². The van der Waals surface area contributed by atoms with E-state index in [1.807, 2.05) is 31.3 Å². The maximum absolute atomic E-state index is 5.52. The summed E-state index contributed by atoms with van der Waals surface area (Å²) in [6, 6.07) is 20.7. The molecule has 0 bridgehead atoms. The highest BCUT2D eigenvalue weighted by Crippen LogP contribution is 2.33. The quantitative estimate of drug-likeness (QED) is 0.665. The highest BCUT2D eigenvalue weighted by molar-refractivity contribution is 5.83. The Hall–Kier alpha value is -2.61. The zero-order chi connectivity index (χ0) is 15.4. The number of nitrogens with zero attached hydrogens (tertiary/aromatic N) is 1. The largest absolute Gasteiger partial charge is 0.494 e. The maximum Gasteiger partial charge on any atom is 0.119 e. The van der Waals surface area contributed by atoms with E-state index in [0.29, 0.717) is 6.61 Å². The fraction of sp³-hybridized carbons (Fsp3) is 0.150. The summed E-state index contributed by atoms with van der Waals surface area (Å²) in [6.07, 6.45) is 1.84. The third kappa shape index (κ3) is 2.86. The molecule has 0 fully saturated rings. The van der Waals surface area contributed by atoms with Crippen molar-refractivity contribution in [3.63, 3.8) is 0 Å². The minimum atomic E-state index is 0.684. The molecule has 2 nitrogen and oxygen atoms in total. The van der Waals surface area contributed by atoms with Crippen molar-refractivity contribution < 1.29 is 4.74 Å². The first-order valence-electron chi connectivity index (χ1n) is 7.54. The molecule has 0 saturated heterocycles. The molecule has 2 aromatic carbocycles. The second-order valence-electron chi connectivity index (χ2n) is 5.17. The molecule has 0 aliphatic heterocycles. The van der Waals surface area contributed by atoms with Gasteiger partial charge in [-0.15, -0.1) is 0 Å². The van der Waals surface area contributed by atoms with Crippen molar-refractivity contribution in [2.24, 2.45) is 0 Å². The molecule has 0 amide bonds. The van der Waals surface area contributed by atoms with E-state index >= 15 is 0 Å². The Morgan fingerprint density at radius 2 is 1.59 bits per heavy atom. The highest BCUT2D eigenvalue weighted by Gasteiger charge is 2.10. The molecule has 0 radical (unpaired) electrons. The summed E-state index contributed by atoms with van der Waals surface area (Å²) in [7, 11) is 0. The Balaban J connectivity index is 2.07. The first-order chi connectivity index (χ1) is 10.8. The van der Waals surface area contributed by atoms with Gasteiger partial charge in [-0.3, -0.25) is 4.98 Å². The summed E-state index contributed by atoms with van der Waals surface area (Å²) in [5, 5.41) is 0. The van der Waals surface area contributed by atoms with E-state index in [1.54, 1.807) is 0 Å². The Labute approximate surface area is 131 Å². The minimum Gasteiger partial charge on any atom is -0.494 e. The normalized spacial score (nSPS) is 10.5. The van der Waals surface area contributed by atoms with Crippen LogP contribution in [-0.4, -0.2) is 11.6 Å². The molecule has 0 saturated carbocycles. The van der Waals surface area contributed by atoms with E-state index in [1.165, 1.54) is 16.7 Å². The van der Waals surface area contributed by atoms with Crippen molar-refractivity contribution in [3.05, 3.63) is 72.4 Å². The van der Waals surface area contributed by atoms with Gasteiger partial charge >= 0.3 is 0 Å². The Kier molecular flexibility index (Phi) is 4.19. The number of aryl methyl sites for hydroxylation is 1. The van der Waals surface area contributed by atoms with Gasteiger partial charge in [0.15, 0.2) is 0 Å². The van der Waals surface area contributed by atoms with Gasteiger partial charge in [-0.05, 0) is 48.7 Å². The lowest BCUT2D eigenvalue weighted by Crippen LogP contribution is -1.92. The number of aromatic nitrogens is 1. The second-order valence-corrected chi connectivity index (χ2v) is 5.17. The summed E-state index contributed by atoms with van der Waals surface area (Å²) in [5.74, 6) is 0.901. The molecule has 0 aliphatic rings. The molecule has 0 atom stereocenters. The standard InChI is InChI=1S/C20H19NO/c1-3-22-17-12-10-16(11-13-17)18-8-4-5-9-19(18)20-15(2)7-6-14-21-20/h4-14H,3H2,1-2H3. The van der Waals surface area contributed by atoms with Gasteiger partial charge in [0.25, 0.3) is 0 Å². The number of rotatable bonds is 4. The second kappa shape index (κ2) is 6.44. The molecule has 2 heteroatoms. The van der Waals surface area contributed by atoms with Crippen molar-refractivity contribution in [3.8, 4) is 28.1 Å². The third-order valence-corrected chi connectivity index (χ3v) is 3.67. The molecule has 1 aromatic heterocycles. The van der Waals surface area contributed by atoms with Gasteiger partial charge < -0.3 is 4.74 Å². The SMILES string of the molecule is CCOc1ccc(-c2ccccc2-c2ncccc2C)cc1. The maximum atomic E-state index is 5.52. The van der Waals surface area contributed by atoms with Gasteiger partial charge in [0.2, 0.25) is 0 Å². The highest BCUT2D eigenvalue weighted by atomic mass is 16.5. The van der Waals surface area contributed by atoms with Crippen LogP contribution in [0.4, 0.5) is 0 Å². The summed E-state index contributed by atoms with van der Waals surface area (Å²) in [5.41, 5.74) is 5.73. The van der Waals surface area contributed by atoms with Crippen molar-refractivity contribution in [2.45, 2.75) is 13.8 Å². The van der Waals surface area contributed by atoms with Crippen molar-refractivity contribution in [2.75, 3.05) is 6.61 Å². The third-order valence-electron chi connectivity index (χ3n) is 3.67. The van der Waals surface area contributed by atoms with Crippen LogP contribution in [0.3, 0.4) is 0 Å². The van der Waals surface area contributed by atoms with Gasteiger partial charge in [-0.25, -0.2) is 0 Å².